The summed E-state index contributed by atoms with van der Waals surface area (Å²) >= 11 is 7.73. The summed E-state index contributed by atoms with van der Waals surface area (Å²) in [6.07, 6.45) is 9.73. The van der Waals surface area contributed by atoms with Crippen LogP contribution in [-0.4, -0.2) is 53.8 Å². The Morgan fingerprint density at radius 3 is 1.72 bits per heavy atom. The quantitative estimate of drug-likeness (QED) is 0.0670. The highest BCUT2D eigenvalue weighted by Crippen LogP contribution is 2.21. The van der Waals surface area contributed by atoms with Gasteiger partial charge in [-0.15, -0.1) is 0 Å². The number of rotatable bonds is 7. The molecular weight excluding hydrogens is 604 g/mol. The average Bonchev–Trinajstić information content (AvgIpc) is 2.99. The average molecular weight is 633 g/mol. The van der Waals surface area contributed by atoms with E-state index in [0.717, 1.165) is 73.4 Å². The Balaban J connectivity index is 0.000000259. The van der Waals surface area contributed by atoms with E-state index in [-0.39, 0.29) is 10.3 Å². The molecule has 0 radical (unpaired) electrons. The van der Waals surface area contributed by atoms with Crippen molar-refractivity contribution in [2.75, 3.05) is 0 Å². The van der Waals surface area contributed by atoms with E-state index in [1.807, 2.05) is 50.3 Å². The Hall–Kier alpha value is -4.79. The SMILES string of the molecule is C/C=C(\C=N)c1cnc2ccc(Cl)nc2c1.C/C=C(\C=N)c1cnc2ccc(N=C(N)SC=N)nc2c1.N=CSC(=N)N. The molecule has 4 aromatic heterocycles. The molecule has 4 heterocycles. The van der Waals surface area contributed by atoms with E-state index in [2.05, 4.69) is 24.9 Å². The number of thioether (sulfide) groups is 2. The van der Waals surface area contributed by atoms with Gasteiger partial charge >= 0.3 is 0 Å². The van der Waals surface area contributed by atoms with Crippen molar-refractivity contribution in [3.63, 3.8) is 0 Å². The number of aliphatic imine (C=N–C) groups is 1. The second-order valence-electron chi connectivity index (χ2n) is 7.89. The Bertz CT molecular complexity index is 1730. The van der Waals surface area contributed by atoms with Gasteiger partial charge < -0.3 is 33.1 Å². The Morgan fingerprint density at radius 2 is 1.28 bits per heavy atom. The molecule has 0 aromatic carbocycles. The lowest BCUT2D eigenvalue weighted by Crippen LogP contribution is -2.05. The van der Waals surface area contributed by atoms with Crippen LogP contribution in [0.2, 0.25) is 5.15 Å². The van der Waals surface area contributed by atoms with Crippen LogP contribution >= 0.6 is 35.1 Å². The van der Waals surface area contributed by atoms with E-state index in [1.165, 1.54) is 12.4 Å². The molecule has 0 atom stereocenters. The van der Waals surface area contributed by atoms with Crippen LogP contribution in [0.1, 0.15) is 25.0 Å². The molecular formula is C28H29ClN12S2. The van der Waals surface area contributed by atoms with Gasteiger partial charge in [0.15, 0.2) is 16.2 Å². The maximum atomic E-state index is 7.38. The lowest BCUT2D eigenvalue weighted by Gasteiger charge is -2.03. The largest absolute Gasteiger partial charge is 0.378 e. The Morgan fingerprint density at radius 1 is 0.767 bits per heavy atom. The summed E-state index contributed by atoms with van der Waals surface area (Å²) < 4.78 is 0. The fourth-order valence-corrected chi connectivity index (χ4v) is 3.83. The van der Waals surface area contributed by atoms with Crippen LogP contribution in [0.15, 0.2) is 65.9 Å². The maximum absolute atomic E-state index is 7.38. The standard InChI is InChI=1S/C14H14N6S.C12H10ClN3.C2H5N3S/c1-2-9(6-15)10-5-12-11(18-7-10)3-4-13(19-12)20-14(17)21-8-16;1-2-8(6-14)9-5-11-10(15-7-9)3-4-12(13)16-11;3-1-6-2(4)5/h2-8,15-16H,1H3,(H2,17,19,20);2-7,14H,1H3;1,3H,(H3,4,5)/b9-2+,15-6?,16-8?;8-2+,14-6?;. The van der Waals surface area contributed by atoms with Gasteiger partial charge in [-0.3, -0.25) is 15.4 Å². The van der Waals surface area contributed by atoms with Crippen molar-refractivity contribution in [2.24, 2.45) is 16.5 Å². The molecule has 220 valence electrons. The first-order valence-electron chi connectivity index (χ1n) is 12.2. The van der Waals surface area contributed by atoms with E-state index >= 15 is 0 Å². The van der Waals surface area contributed by atoms with Crippen LogP contribution in [0.3, 0.4) is 0 Å². The molecule has 0 bridgehead atoms. The minimum Gasteiger partial charge on any atom is -0.378 e. The Labute approximate surface area is 261 Å². The molecule has 0 unspecified atom stereocenters. The molecule has 0 saturated carbocycles. The minimum absolute atomic E-state index is 0.0370. The van der Waals surface area contributed by atoms with Crippen molar-refractivity contribution in [3.8, 4) is 0 Å². The first-order valence-corrected chi connectivity index (χ1v) is 14.4. The lowest BCUT2D eigenvalue weighted by molar-refractivity contribution is 1.29. The summed E-state index contributed by atoms with van der Waals surface area (Å²) in [7, 11) is 0. The number of hydrogen-bond donors (Lipinski definition) is 7. The second kappa shape index (κ2) is 17.9. The zero-order valence-corrected chi connectivity index (χ0v) is 25.6. The van der Waals surface area contributed by atoms with Crippen LogP contribution in [0.25, 0.3) is 33.2 Å². The molecule has 4 aromatic rings. The highest BCUT2D eigenvalue weighted by Gasteiger charge is 2.05. The summed E-state index contributed by atoms with van der Waals surface area (Å²) in [6, 6.07) is 10.8. The number of allylic oxidation sites excluding steroid dienone is 4. The second-order valence-corrected chi connectivity index (χ2v) is 10.1. The number of nitrogens with two attached hydrogens (primary N) is 2. The molecule has 0 spiro atoms. The molecule has 0 fully saturated rings. The normalized spacial score (nSPS) is 11.5. The van der Waals surface area contributed by atoms with Gasteiger partial charge in [-0.25, -0.2) is 15.0 Å². The van der Waals surface area contributed by atoms with Gasteiger partial charge in [0, 0.05) is 35.9 Å². The van der Waals surface area contributed by atoms with Crippen LogP contribution in [0, 0.1) is 27.0 Å². The van der Waals surface area contributed by atoms with Crippen molar-refractivity contribution in [2.45, 2.75) is 13.8 Å². The summed E-state index contributed by atoms with van der Waals surface area (Å²) in [4.78, 5) is 21.3. The molecule has 0 saturated heterocycles. The number of amidine groups is 2. The predicted octanol–water partition coefficient (Wildman–Crippen LogP) is 6.53. The van der Waals surface area contributed by atoms with Gasteiger partial charge in [0.1, 0.15) is 5.15 Å². The first kappa shape index (κ1) is 34.4. The van der Waals surface area contributed by atoms with Crippen LogP contribution in [-0.2, 0) is 0 Å². The van der Waals surface area contributed by atoms with Crippen LogP contribution in [0.5, 0.6) is 0 Å². The zero-order valence-electron chi connectivity index (χ0n) is 23.2. The van der Waals surface area contributed by atoms with Crippen LogP contribution < -0.4 is 11.5 Å². The molecule has 0 aliphatic heterocycles. The van der Waals surface area contributed by atoms with Crippen molar-refractivity contribution in [1.29, 1.82) is 27.0 Å². The van der Waals surface area contributed by atoms with Crippen molar-refractivity contribution >= 4 is 108 Å². The topological polar surface area (TPSA) is 235 Å². The van der Waals surface area contributed by atoms with Crippen LogP contribution in [0.4, 0.5) is 5.82 Å². The monoisotopic (exact) mass is 632 g/mol. The number of nitrogens with zero attached hydrogens (tertiary/aromatic N) is 5. The van der Waals surface area contributed by atoms with Gasteiger partial charge in [-0.2, -0.15) is 0 Å². The molecule has 9 N–H and O–H groups in total. The summed E-state index contributed by atoms with van der Waals surface area (Å²) in [6.45, 7) is 3.75. The number of hydrogen-bond acceptors (Lipinski definition) is 12. The molecule has 0 aliphatic rings. The zero-order chi connectivity index (χ0) is 31.8. The minimum atomic E-state index is -0.0370. The van der Waals surface area contributed by atoms with E-state index in [9.17, 15) is 0 Å². The van der Waals surface area contributed by atoms with E-state index < -0.39 is 0 Å². The summed E-state index contributed by atoms with van der Waals surface area (Å²) in [5.41, 5.74) is 18.8. The highest BCUT2D eigenvalue weighted by atomic mass is 35.5. The summed E-state index contributed by atoms with van der Waals surface area (Å²) in [5, 5.41) is 35.1. The Kier molecular flexibility index (Phi) is 14.3. The molecule has 15 heteroatoms. The summed E-state index contributed by atoms with van der Waals surface area (Å²) in [5.74, 6) is 0.463. The fraction of sp³-hybridized carbons (Fsp3) is 0.0714. The van der Waals surface area contributed by atoms with Gasteiger partial charge in [0.2, 0.25) is 0 Å². The third-order valence-electron chi connectivity index (χ3n) is 5.22. The van der Waals surface area contributed by atoms with E-state index in [0.29, 0.717) is 16.5 Å². The van der Waals surface area contributed by atoms with Gasteiger partial charge in [-0.1, -0.05) is 23.8 Å². The molecule has 12 nitrogen and oxygen atoms in total. The van der Waals surface area contributed by atoms with Crippen molar-refractivity contribution in [1.82, 2.24) is 19.9 Å². The third kappa shape index (κ3) is 10.8. The predicted molar refractivity (Wildman–Crippen MR) is 185 cm³/mol. The third-order valence-corrected chi connectivity index (χ3v) is 6.25. The number of nitrogens with one attached hydrogen (secondary N) is 5. The molecule has 0 aliphatic carbocycles. The van der Waals surface area contributed by atoms with E-state index in [4.69, 9.17) is 50.1 Å². The van der Waals surface area contributed by atoms with Crippen molar-refractivity contribution < 1.29 is 0 Å². The van der Waals surface area contributed by atoms with Gasteiger partial charge in [-0.05, 0) is 84.9 Å². The smallest absolute Gasteiger partial charge is 0.166 e. The lowest BCUT2D eigenvalue weighted by atomic mass is 10.1. The maximum Gasteiger partial charge on any atom is 0.166 e. The number of pyridine rings is 4. The van der Waals surface area contributed by atoms with Gasteiger partial charge in [0.05, 0.1) is 33.2 Å². The molecule has 43 heavy (non-hydrogen) atoms. The number of aromatic nitrogens is 4. The van der Waals surface area contributed by atoms with Gasteiger partial charge in [0.25, 0.3) is 0 Å². The number of fused-ring (bicyclic) bond motifs is 2. The number of halogens is 1. The highest BCUT2D eigenvalue weighted by molar-refractivity contribution is 8.25. The van der Waals surface area contributed by atoms with E-state index in [1.54, 1.807) is 24.5 Å². The molecule has 0 amide bonds. The first-order chi connectivity index (χ1) is 20.7. The molecule has 4 rings (SSSR count). The van der Waals surface area contributed by atoms with Crippen molar-refractivity contribution in [3.05, 3.63) is 77.2 Å². The fourth-order valence-electron chi connectivity index (χ4n) is 3.29.